The van der Waals surface area contributed by atoms with Gasteiger partial charge >= 0.3 is 0 Å². The first-order valence-electron chi connectivity index (χ1n) is 6.19. The Morgan fingerprint density at radius 1 is 1.11 bits per heavy atom. The van der Waals surface area contributed by atoms with Gasteiger partial charge in [-0.2, -0.15) is 4.98 Å². The molecule has 3 nitrogen and oxygen atoms in total. The molecule has 0 unspecified atom stereocenters. The molecule has 0 saturated heterocycles. The summed E-state index contributed by atoms with van der Waals surface area (Å²) in [4.78, 5) is 4.47. The largest absolute Gasteiger partial charge is 0.334 e. The molecule has 1 aromatic carbocycles. The van der Waals surface area contributed by atoms with Gasteiger partial charge in [0.2, 0.25) is 5.82 Å². The minimum Gasteiger partial charge on any atom is -0.334 e. The number of benzene rings is 1. The number of rotatable bonds is 2. The highest BCUT2D eigenvalue weighted by Crippen LogP contribution is 2.27. The maximum absolute atomic E-state index is 5.35. The molecular weight excluding hydrogens is 304 g/mol. The SMILES string of the molecule is CC1=CC=C(c2nc(-c3ccc(Br)cc3)no2)CC1. The van der Waals surface area contributed by atoms with Crippen molar-refractivity contribution in [3.05, 3.63) is 52.4 Å². The molecule has 0 fully saturated rings. The van der Waals surface area contributed by atoms with Crippen LogP contribution >= 0.6 is 15.9 Å². The van der Waals surface area contributed by atoms with E-state index in [0.717, 1.165) is 28.5 Å². The number of hydrogen-bond acceptors (Lipinski definition) is 3. The Kier molecular flexibility index (Phi) is 3.34. The van der Waals surface area contributed by atoms with E-state index in [9.17, 15) is 0 Å². The summed E-state index contributed by atoms with van der Waals surface area (Å²) in [6, 6.07) is 7.88. The van der Waals surface area contributed by atoms with E-state index in [4.69, 9.17) is 4.52 Å². The predicted molar refractivity (Wildman–Crippen MR) is 78.4 cm³/mol. The van der Waals surface area contributed by atoms with E-state index in [-0.39, 0.29) is 0 Å². The van der Waals surface area contributed by atoms with Crippen molar-refractivity contribution in [2.24, 2.45) is 0 Å². The molecule has 4 heteroatoms. The summed E-state index contributed by atoms with van der Waals surface area (Å²) >= 11 is 3.41. The smallest absolute Gasteiger partial charge is 0.254 e. The lowest BCUT2D eigenvalue weighted by atomic mass is 10.00. The molecule has 0 spiro atoms. The topological polar surface area (TPSA) is 38.9 Å². The number of aromatic nitrogens is 2. The fraction of sp³-hybridized carbons (Fsp3) is 0.200. The molecule has 19 heavy (non-hydrogen) atoms. The third-order valence-corrected chi connectivity index (χ3v) is 3.69. The third kappa shape index (κ3) is 2.68. The highest BCUT2D eigenvalue weighted by atomic mass is 79.9. The summed E-state index contributed by atoms with van der Waals surface area (Å²) in [5.74, 6) is 1.26. The van der Waals surface area contributed by atoms with Gasteiger partial charge in [0.05, 0.1) is 0 Å². The van der Waals surface area contributed by atoms with Gasteiger partial charge in [-0.05, 0) is 44.0 Å². The van der Waals surface area contributed by atoms with Crippen LogP contribution in [0.2, 0.25) is 0 Å². The summed E-state index contributed by atoms with van der Waals surface area (Å²) in [5.41, 5.74) is 3.46. The molecule has 0 radical (unpaired) electrons. The van der Waals surface area contributed by atoms with E-state index in [2.05, 4.69) is 45.1 Å². The van der Waals surface area contributed by atoms with Gasteiger partial charge in [0.1, 0.15) is 0 Å². The van der Waals surface area contributed by atoms with Gasteiger partial charge in [-0.3, -0.25) is 0 Å². The lowest BCUT2D eigenvalue weighted by Crippen LogP contribution is -1.91. The van der Waals surface area contributed by atoms with Gasteiger partial charge in [-0.1, -0.05) is 38.8 Å². The molecule has 1 aliphatic rings. The van der Waals surface area contributed by atoms with Crippen molar-refractivity contribution in [2.45, 2.75) is 19.8 Å². The minimum atomic E-state index is 0.627. The standard InChI is InChI=1S/C15H13BrN2O/c1-10-2-4-12(5-3-10)15-17-14(18-19-15)11-6-8-13(16)9-7-11/h2,4,6-9H,3,5H2,1H3. The Balaban J connectivity index is 1.89. The molecule has 0 saturated carbocycles. The quantitative estimate of drug-likeness (QED) is 0.811. The molecule has 0 amide bonds. The van der Waals surface area contributed by atoms with E-state index in [1.165, 1.54) is 5.57 Å². The lowest BCUT2D eigenvalue weighted by Gasteiger charge is -2.07. The first-order valence-corrected chi connectivity index (χ1v) is 6.98. The van der Waals surface area contributed by atoms with E-state index < -0.39 is 0 Å². The molecule has 0 N–H and O–H groups in total. The Bertz CT molecular complexity index is 653. The second-order valence-corrected chi connectivity index (χ2v) is 5.55. The van der Waals surface area contributed by atoms with Crippen LogP contribution in [0.4, 0.5) is 0 Å². The lowest BCUT2D eigenvalue weighted by molar-refractivity contribution is 0.406. The Hall–Kier alpha value is -1.68. The molecule has 3 rings (SSSR count). The van der Waals surface area contributed by atoms with E-state index >= 15 is 0 Å². The average molecular weight is 317 g/mol. The minimum absolute atomic E-state index is 0.627. The van der Waals surface area contributed by atoms with Crippen molar-refractivity contribution in [2.75, 3.05) is 0 Å². The second-order valence-electron chi connectivity index (χ2n) is 4.63. The predicted octanol–water partition coefficient (Wildman–Crippen LogP) is 4.62. The van der Waals surface area contributed by atoms with Crippen molar-refractivity contribution in [3.8, 4) is 11.4 Å². The van der Waals surface area contributed by atoms with Crippen LogP contribution in [-0.2, 0) is 0 Å². The van der Waals surface area contributed by atoms with Crippen LogP contribution < -0.4 is 0 Å². The summed E-state index contributed by atoms with van der Waals surface area (Å²) in [6.45, 7) is 2.13. The summed E-state index contributed by atoms with van der Waals surface area (Å²) in [6.07, 6.45) is 6.20. The number of allylic oxidation sites excluding steroid dienone is 4. The third-order valence-electron chi connectivity index (χ3n) is 3.16. The fourth-order valence-corrected chi connectivity index (χ4v) is 2.25. The first kappa shape index (κ1) is 12.4. The highest BCUT2D eigenvalue weighted by molar-refractivity contribution is 9.10. The molecule has 0 aliphatic heterocycles. The van der Waals surface area contributed by atoms with Gasteiger partial charge in [0.25, 0.3) is 5.89 Å². The average Bonchev–Trinajstić information content (AvgIpc) is 2.90. The molecule has 1 heterocycles. The molecular formula is C15H13BrN2O. The van der Waals surface area contributed by atoms with Gasteiger partial charge in [0.15, 0.2) is 0 Å². The van der Waals surface area contributed by atoms with Crippen LogP contribution in [0.1, 0.15) is 25.7 Å². The molecule has 0 bridgehead atoms. The zero-order valence-electron chi connectivity index (χ0n) is 10.6. The van der Waals surface area contributed by atoms with Crippen molar-refractivity contribution >= 4 is 21.5 Å². The van der Waals surface area contributed by atoms with Crippen LogP contribution in [0.3, 0.4) is 0 Å². The number of halogens is 1. The summed E-state index contributed by atoms with van der Waals surface area (Å²) < 4.78 is 6.39. The van der Waals surface area contributed by atoms with E-state index in [1.807, 2.05) is 24.3 Å². The molecule has 1 aliphatic carbocycles. The highest BCUT2D eigenvalue weighted by Gasteiger charge is 2.14. The number of nitrogens with zero attached hydrogens (tertiary/aromatic N) is 2. The monoisotopic (exact) mass is 316 g/mol. The first-order chi connectivity index (χ1) is 9.22. The van der Waals surface area contributed by atoms with Crippen LogP contribution in [0, 0.1) is 0 Å². The Morgan fingerprint density at radius 2 is 1.89 bits per heavy atom. The van der Waals surface area contributed by atoms with Crippen LogP contribution in [0.15, 0.2) is 51.0 Å². The summed E-state index contributed by atoms with van der Waals surface area (Å²) in [7, 11) is 0. The van der Waals surface area contributed by atoms with Crippen LogP contribution in [0.5, 0.6) is 0 Å². The van der Waals surface area contributed by atoms with Crippen molar-refractivity contribution < 1.29 is 4.52 Å². The zero-order valence-corrected chi connectivity index (χ0v) is 12.1. The van der Waals surface area contributed by atoms with Crippen molar-refractivity contribution in [1.29, 1.82) is 0 Å². The van der Waals surface area contributed by atoms with Crippen LogP contribution in [0.25, 0.3) is 17.0 Å². The number of hydrogen-bond donors (Lipinski definition) is 0. The fourth-order valence-electron chi connectivity index (χ4n) is 1.99. The van der Waals surface area contributed by atoms with Gasteiger partial charge < -0.3 is 4.52 Å². The molecule has 1 aromatic heterocycles. The normalized spacial score (nSPS) is 15.1. The molecule has 2 aromatic rings. The van der Waals surface area contributed by atoms with Gasteiger partial charge in [-0.25, -0.2) is 0 Å². The Labute approximate surface area is 120 Å². The summed E-state index contributed by atoms with van der Waals surface area (Å²) in [5, 5.41) is 4.05. The Morgan fingerprint density at radius 3 is 2.58 bits per heavy atom. The van der Waals surface area contributed by atoms with Gasteiger partial charge in [0, 0.05) is 15.6 Å². The van der Waals surface area contributed by atoms with E-state index in [0.29, 0.717) is 11.7 Å². The molecule has 96 valence electrons. The maximum Gasteiger partial charge on any atom is 0.254 e. The van der Waals surface area contributed by atoms with Crippen molar-refractivity contribution in [1.82, 2.24) is 10.1 Å². The van der Waals surface area contributed by atoms with Crippen LogP contribution in [-0.4, -0.2) is 10.1 Å². The second kappa shape index (κ2) is 5.13. The molecule has 0 atom stereocenters. The van der Waals surface area contributed by atoms with Gasteiger partial charge in [-0.15, -0.1) is 0 Å². The zero-order chi connectivity index (χ0) is 13.2. The van der Waals surface area contributed by atoms with E-state index in [1.54, 1.807) is 0 Å². The van der Waals surface area contributed by atoms with Crippen molar-refractivity contribution in [3.63, 3.8) is 0 Å². The maximum atomic E-state index is 5.35.